The summed E-state index contributed by atoms with van der Waals surface area (Å²) in [4.78, 5) is 16.6. The van der Waals surface area contributed by atoms with Crippen LogP contribution in [0.2, 0.25) is 0 Å². The van der Waals surface area contributed by atoms with Crippen LogP contribution >= 0.6 is 11.3 Å². The third-order valence-electron chi connectivity index (χ3n) is 3.50. The molecule has 1 N–H and O–H groups in total. The second-order valence-corrected chi connectivity index (χ2v) is 6.47. The molecule has 5 nitrogen and oxygen atoms in total. The molecule has 124 valence electrons. The van der Waals surface area contributed by atoms with Crippen molar-refractivity contribution >= 4 is 32.6 Å². The number of nitrogens with one attached hydrogen (secondary N) is 1. The van der Waals surface area contributed by atoms with Crippen molar-refractivity contribution in [3.8, 4) is 11.5 Å². The molecule has 3 rings (SSSR count). The number of carbonyl (C=O) groups is 1. The first-order chi connectivity index (χ1) is 11.6. The molecule has 1 heterocycles. The van der Waals surface area contributed by atoms with Crippen LogP contribution in [0.1, 0.15) is 11.1 Å². The predicted molar refractivity (Wildman–Crippen MR) is 96.2 cm³/mol. The van der Waals surface area contributed by atoms with E-state index < -0.39 is 0 Å². The highest BCUT2D eigenvalue weighted by Gasteiger charge is 2.11. The lowest BCUT2D eigenvalue weighted by molar-refractivity contribution is -0.118. The second-order valence-electron chi connectivity index (χ2n) is 5.44. The molecule has 0 atom stereocenters. The average molecular weight is 342 g/mol. The number of aryl methyl sites for hydroxylation is 2. The van der Waals surface area contributed by atoms with E-state index in [9.17, 15) is 4.79 Å². The van der Waals surface area contributed by atoms with Crippen LogP contribution in [0.15, 0.2) is 36.4 Å². The number of ether oxygens (including phenoxy) is 2. The van der Waals surface area contributed by atoms with Gasteiger partial charge in [0.1, 0.15) is 0 Å². The van der Waals surface area contributed by atoms with Crippen molar-refractivity contribution < 1.29 is 14.3 Å². The number of fused-ring (bicyclic) bond motifs is 1. The predicted octanol–water partition coefficient (Wildman–Crippen LogP) is 3.94. The van der Waals surface area contributed by atoms with E-state index in [4.69, 9.17) is 9.47 Å². The molecule has 0 spiro atoms. The van der Waals surface area contributed by atoms with E-state index in [0.717, 1.165) is 15.8 Å². The molecule has 0 unspecified atom stereocenters. The van der Waals surface area contributed by atoms with Gasteiger partial charge in [-0.15, -0.1) is 0 Å². The zero-order chi connectivity index (χ0) is 17.1. The van der Waals surface area contributed by atoms with Crippen molar-refractivity contribution in [2.75, 3.05) is 19.0 Å². The van der Waals surface area contributed by atoms with Crippen LogP contribution in [0.3, 0.4) is 0 Å². The number of hydrogen-bond donors (Lipinski definition) is 1. The number of amides is 1. The van der Waals surface area contributed by atoms with E-state index in [1.807, 2.05) is 26.0 Å². The Balaban J connectivity index is 1.68. The minimum absolute atomic E-state index is 0.103. The van der Waals surface area contributed by atoms with Gasteiger partial charge in [0.05, 0.1) is 17.3 Å². The maximum Gasteiger partial charge on any atom is 0.264 e. The number of thiazole rings is 1. The number of methoxy groups -OCH3 is 1. The number of rotatable bonds is 5. The summed E-state index contributed by atoms with van der Waals surface area (Å²) in [5, 5.41) is 3.36. The summed E-state index contributed by atoms with van der Waals surface area (Å²) < 4.78 is 11.8. The summed E-state index contributed by atoms with van der Waals surface area (Å²) in [6, 6.07) is 11.4. The van der Waals surface area contributed by atoms with Gasteiger partial charge in [-0.25, -0.2) is 4.98 Å². The molecule has 0 bridgehead atoms. The molecule has 24 heavy (non-hydrogen) atoms. The third kappa shape index (κ3) is 3.49. The normalized spacial score (nSPS) is 10.6. The molecule has 0 radical (unpaired) electrons. The molecular weight excluding hydrogens is 324 g/mol. The van der Waals surface area contributed by atoms with Crippen molar-refractivity contribution in [3.63, 3.8) is 0 Å². The van der Waals surface area contributed by atoms with Gasteiger partial charge in [-0.05, 0) is 43.2 Å². The number of carbonyl (C=O) groups excluding carboxylic acids is 1. The highest BCUT2D eigenvalue weighted by molar-refractivity contribution is 7.22. The molecule has 2 aromatic carbocycles. The van der Waals surface area contributed by atoms with Crippen LogP contribution in [-0.4, -0.2) is 24.6 Å². The number of hydrogen-bond acceptors (Lipinski definition) is 5. The van der Waals surface area contributed by atoms with Gasteiger partial charge >= 0.3 is 0 Å². The maximum atomic E-state index is 12.1. The number of nitrogens with zero attached hydrogens (tertiary/aromatic N) is 1. The molecule has 0 aliphatic rings. The Kier molecular flexibility index (Phi) is 4.66. The van der Waals surface area contributed by atoms with Crippen molar-refractivity contribution in [3.05, 3.63) is 47.5 Å². The minimum Gasteiger partial charge on any atom is -0.493 e. The lowest BCUT2D eigenvalue weighted by Gasteiger charge is -2.09. The Hall–Kier alpha value is -2.60. The lowest BCUT2D eigenvalue weighted by atomic mass is 10.1. The first-order valence-electron chi connectivity index (χ1n) is 7.50. The Morgan fingerprint density at radius 1 is 1.21 bits per heavy atom. The quantitative estimate of drug-likeness (QED) is 0.763. The van der Waals surface area contributed by atoms with E-state index in [0.29, 0.717) is 16.6 Å². The SMILES string of the molecule is COc1ccccc1OCC(=O)Nc1nc2c(C)cc(C)cc2s1. The van der Waals surface area contributed by atoms with Crippen LogP contribution < -0.4 is 14.8 Å². The molecule has 0 fully saturated rings. The van der Waals surface area contributed by atoms with Crippen molar-refractivity contribution in [1.82, 2.24) is 4.98 Å². The van der Waals surface area contributed by atoms with Crippen LogP contribution in [0.25, 0.3) is 10.2 Å². The standard InChI is InChI=1S/C18H18N2O3S/c1-11-8-12(2)17-15(9-11)24-18(20-17)19-16(21)10-23-14-7-5-4-6-13(14)22-3/h4-9H,10H2,1-3H3,(H,19,20,21). The van der Waals surface area contributed by atoms with Gasteiger partial charge in [-0.3, -0.25) is 10.1 Å². The third-order valence-corrected chi connectivity index (χ3v) is 4.42. The van der Waals surface area contributed by atoms with E-state index in [2.05, 4.69) is 22.4 Å². The van der Waals surface area contributed by atoms with Gasteiger partial charge in [-0.2, -0.15) is 0 Å². The summed E-state index contributed by atoms with van der Waals surface area (Å²) in [5.41, 5.74) is 3.21. The first-order valence-corrected chi connectivity index (χ1v) is 8.32. The summed E-state index contributed by atoms with van der Waals surface area (Å²) in [7, 11) is 1.56. The molecular formula is C18H18N2O3S. The summed E-state index contributed by atoms with van der Waals surface area (Å²) in [6.45, 7) is 3.96. The van der Waals surface area contributed by atoms with Gasteiger partial charge < -0.3 is 9.47 Å². The second kappa shape index (κ2) is 6.88. The smallest absolute Gasteiger partial charge is 0.264 e. The molecule has 0 aliphatic heterocycles. The van der Waals surface area contributed by atoms with Crippen LogP contribution in [0.4, 0.5) is 5.13 Å². The molecule has 1 amide bonds. The van der Waals surface area contributed by atoms with Crippen LogP contribution in [0, 0.1) is 13.8 Å². The van der Waals surface area contributed by atoms with Crippen molar-refractivity contribution in [2.45, 2.75) is 13.8 Å². The average Bonchev–Trinajstić information content (AvgIpc) is 2.95. The largest absolute Gasteiger partial charge is 0.493 e. The Bertz CT molecular complexity index is 889. The summed E-state index contributed by atoms with van der Waals surface area (Å²) >= 11 is 1.46. The topological polar surface area (TPSA) is 60.5 Å². The number of anilines is 1. The molecule has 0 aliphatic carbocycles. The Labute approximate surface area is 144 Å². The van der Waals surface area contributed by atoms with E-state index >= 15 is 0 Å². The van der Waals surface area contributed by atoms with E-state index in [1.54, 1.807) is 19.2 Å². The summed E-state index contributed by atoms with van der Waals surface area (Å²) in [5.74, 6) is 0.872. The van der Waals surface area contributed by atoms with E-state index in [-0.39, 0.29) is 12.5 Å². The molecule has 3 aromatic rings. The van der Waals surface area contributed by atoms with Gasteiger partial charge in [0, 0.05) is 0 Å². The zero-order valence-corrected chi connectivity index (χ0v) is 14.6. The Morgan fingerprint density at radius 3 is 2.71 bits per heavy atom. The van der Waals surface area contributed by atoms with Gasteiger partial charge in [0.15, 0.2) is 23.2 Å². The number of benzene rings is 2. The van der Waals surface area contributed by atoms with Gasteiger partial charge in [0.25, 0.3) is 5.91 Å². The zero-order valence-electron chi connectivity index (χ0n) is 13.8. The highest BCUT2D eigenvalue weighted by Crippen LogP contribution is 2.29. The number of aromatic nitrogens is 1. The molecule has 0 saturated heterocycles. The minimum atomic E-state index is -0.255. The highest BCUT2D eigenvalue weighted by atomic mass is 32.1. The fourth-order valence-corrected chi connectivity index (χ4v) is 3.52. The van der Waals surface area contributed by atoms with Crippen LogP contribution in [-0.2, 0) is 4.79 Å². The van der Waals surface area contributed by atoms with Gasteiger partial charge in [-0.1, -0.05) is 29.5 Å². The molecule has 6 heteroatoms. The monoisotopic (exact) mass is 342 g/mol. The fourth-order valence-electron chi connectivity index (χ4n) is 2.46. The lowest BCUT2D eigenvalue weighted by Crippen LogP contribution is -2.20. The molecule has 1 aromatic heterocycles. The van der Waals surface area contributed by atoms with Gasteiger partial charge in [0.2, 0.25) is 0 Å². The molecule has 0 saturated carbocycles. The summed E-state index contributed by atoms with van der Waals surface area (Å²) in [6.07, 6.45) is 0. The first kappa shape index (κ1) is 16.3. The van der Waals surface area contributed by atoms with E-state index in [1.165, 1.54) is 16.9 Å². The van der Waals surface area contributed by atoms with Crippen LogP contribution in [0.5, 0.6) is 11.5 Å². The van der Waals surface area contributed by atoms with Crippen molar-refractivity contribution in [2.24, 2.45) is 0 Å². The number of para-hydroxylation sites is 2. The Morgan fingerprint density at radius 2 is 1.96 bits per heavy atom. The van der Waals surface area contributed by atoms with Crippen molar-refractivity contribution in [1.29, 1.82) is 0 Å². The fraction of sp³-hybridized carbons (Fsp3) is 0.222. The maximum absolute atomic E-state index is 12.1.